The number of rotatable bonds is 6. The van der Waals surface area contributed by atoms with Gasteiger partial charge in [0.1, 0.15) is 5.54 Å². The Kier molecular flexibility index (Phi) is 5.82. The van der Waals surface area contributed by atoms with Crippen LogP contribution >= 0.6 is 0 Å². The van der Waals surface area contributed by atoms with Crippen LogP contribution in [-0.2, 0) is 20.9 Å². The zero-order valence-corrected chi connectivity index (χ0v) is 17.5. The number of hydrogen-bond acceptors (Lipinski definition) is 5. The molecule has 29 heavy (non-hydrogen) atoms. The van der Waals surface area contributed by atoms with Gasteiger partial charge in [0.25, 0.3) is 5.91 Å². The quantitative estimate of drug-likeness (QED) is 0.447. The van der Waals surface area contributed by atoms with Gasteiger partial charge in [-0.3, -0.25) is 19.3 Å². The predicted molar refractivity (Wildman–Crippen MR) is 105 cm³/mol. The SMILES string of the molecule is COC(=O)CCn1c(C)cc(C(=O)CN2C(=O)NC3(CCC(C)CC3)C2=O)c1C. The van der Waals surface area contributed by atoms with Crippen LogP contribution in [0, 0.1) is 19.8 Å². The first-order valence-electron chi connectivity index (χ1n) is 10.1. The number of esters is 1. The van der Waals surface area contributed by atoms with E-state index >= 15 is 0 Å². The van der Waals surface area contributed by atoms with Crippen LogP contribution in [0.3, 0.4) is 0 Å². The van der Waals surface area contributed by atoms with Crippen molar-refractivity contribution in [3.63, 3.8) is 0 Å². The molecule has 0 atom stereocenters. The zero-order valence-electron chi connectivity index (χ0n) is 17.5. The van der Waals surface area contributed by atoms with Crippen LogP contribution in [0.5, 0.6) is 0 Å². The van der Waals surface area contributed by atoms with Gasteiger partial charge in [0, 0.05) is 23.5 Å². The molecule has 0 aromatic carbocycles. The van der Waals surface area contributed by atoms with Crippen molar-refractivity contribution in [2.45, 2.75) is 65.0 Å². The molecule has 1 saturated carbocycles. The number of aromatic nitrogens is 1. The largest absolute Gasteiger partial charge is 0.469 e. The standard InChI is InChI=1S/C21H29N3O5/c1-13-5-8-21(9-6-13)19(27)24(20(28)22-21)12-17(25)16-11-14(2)23(15(16)3)10-7-18(26)29-4/h11,13H,5-10,12H2,1-4H3,(H,22,28). The Morgan fingerprint density at radius 2 is 1.90 bits per heavy atom. The molecule has 1 spiro atoms. The molecular formula is C21H29N3O5. The lowest BCUT2D eigenvalue weighted by Crippen LogP contribution is -2.49. The van der Waals surface area contributed by atoms with Crippen molar-refractivity contribution >= 4 is 23.7 Å². The second kappa shape index (κ2) is 8.00. The number of ether oxygens (including phenoxy) is 1. The smallest absolute Gasteiger partial charge is 0.325 e. The molecule has 0 radical (unpaired) electrons. The number of imide groups is 1. The first kappa shape index (κ1) is 21.1. The number of urea groups is 1. The number of carbonyl (C=O) groups is 4. The van der Waals surface area contributed by atoms with Crippen molar-refractivity contribution < 1.29 is 23.9 Å². The molecule has 2 heterocycles. The number of Topliss-reactive ketones (excluding diaryl/α,β-unsaturated/α-hetero) is 1. The Hall–Kier alpha value is -2.64. The van der Waals surface area contributed by atoms with Crippen LogP contribution < -0.4 is 5.32 Å². The molecule has 3 rings (SSSR count). The number of methoxy groups -OCH3 is 1. The Balaban J connectivity index is 1.73. The van der Waals surface area contributed by atoms with Gasteiger partial charge >= 0.3 is 12.0 Å². The number of amides is 3. The zero-order chi connectivity index (χ0) is 21.3. The molecule has 1 aliphatic carbocycles. The van der Waals surface area contributed by atoms with Gasteiger partial charge in [-0.2, -0.15) is 0 Å². The fourth-order valence-electron chi connectivity index (χ4n) is 4.38. The molecule has 158 valence electrons. The molecule has 3 amide bonds. The average molecular weight is 403 g/mol. The van der Waals surface area contributed by atoms with E-state index in [2.05, 4.69) is 17.0 Å². The number of nitrogens with one attached hydrogen (secondary N) is 1. The van der Waals surface area contributed by atoms with Gasteiger partial charge in [0.15, 0.2) is 5.78 Å². The first-order chi connectivity index (χ1) is 13.7. The Bertz CT molecular complexity index is 849. The molecule has 1 saturated heterocycles. The average Bonchev–Trinajstić information content (AvgIpc) is 3.10. The molecule has 1 aliphatic heterocycles. The molecule has 1 aromatic rings. The number of carbonyl (C=O) groups excluding carboxylic acids is 4. The lowest BCUT2D eigenvalue weighted by molar-refractivity contribution is -0.140. The van der Waals surface area contributed by atoms with Crippen molar-refractivity contribution in [1.82, 2.24) is 14.8 Å². The third kappa shape index (κ3) is 3.93. The van der Waals surface area contributed by atoms with Crippen LogP contribution in [0.15, 0.2) is 6.07 Å². The van der Waals surface area contributed by atoms with E-state index in [-0.39, 0.29) is 30.6 Å². The highest BCUT2D eigenvalue weighted by atomic mass is 16.5. The lowest BCUT2D eigenvalue weighted by Gasteiger charge is -2.33. The summed E-state index contributed by atoms with van der Waals surface area (Å²) in [6.07, 6.45) is 3.20. The minimum Gasteiger partial charge on any atom is -0.469 e. The minimum absolute atomic E-state index is 0.203. The second-order valence-electron chi connectivity index (χ2n) is 8.27. The molecule has 0 bridgehead atoms. The van der Waals surface area contributed by atoms with Gasteiger partial charge in [-0.25, -0.2) is 4.79 Å². The first-order valence-corrected chi connectivity index (χ1v) is 10.1. The van der Waals surface area contributed by atoms with E-state index < -0.39 is 11.6 Å². The molecule has 1 N–H and O–H groups in total. The Morgan fingerprint density at radius 1 is 1.24 bits per heavy atom. The maximum Gasteiger partial charge on any atom is 0.325 e. The highest BCUT2D eigenvalue weighted by molar-refractivity contribution is 6.11. The summed E-state index contributed by atoms with van der Waals surface area (Å²) in [6.45, 7) is 5.93. The van der Waals surface area contributed by atoms with E-state index in [0.717, 1.165) is 23.4 Å². The van der Waals surface area contributed by atoms with Gasteiger partial charge in [-0.15, -0.1) is 0 Å². The fraction of sp³-hybridized carbons (Fsp3) is 0.619. The van der Waals surface area contributed by atoms with Gasteiger partial charge in [0.05, 0.1) is 20.1 Å². The summed E-state index contributed by atoms with van der Waals surface area (Å²) in [5, 5.41) is 2.85. The summed E-state index contributed by atoms with van der Waals surface area (Å²) < 4.78 is 6.55. The second-order valence-corrected chi connectivity index (χ2v) is 8.27. The van der Waals surface area contributed by atoms with Crippen molar-refractivity contribution in [2.75, 3.05) is 13.7 Å². The van der Waals surface area contributed by atoms with E-state index in [4.69, 9.17) is 0 Å². The van der Waals surface area contributed by atoms with Crippen LogP contribution in [-0.4, -0.2) is 52.4 Å². The summed E-state index contributed by atoms with van der Waals surface area (Å²) in [5.41, 5.74) is 1.17. The Labute approximate surface area is 170 Å². The molecule has 0 unspecified atom stereocenters. The van der Waals surface area contributed by atoms with E-state index in [1.54, 1.807) is 13.0 Å². The molecule has 1 aromatic heterocycles. The summed E-state index contributed by atoms with van der Waals surface area (Å²) in [6, 6.07) is 1.25. The molecule has 8 heteroatoms. The van der Waals surface area contributed by atoms with Crippen LogP contribution in [0.1, 0.15) is 60.8 Å². The molecule has 8 nitrogen and oxygen atoms in total. The summed E-state index contributed by atoms with van der Waals surface area (Å²) in [4.78, 5) is 50.8. The third-order valence-corrected chi connectivity index (χ3v) is 6.32. The Morgan fingerprint density at radius 3 is 2.52 bits per heavy atom. The van der Waals surface area contributed by atoms with Gasteiger partial charge < -0.3 is 14.6 Å². The molecule has 2 aliphatic rings. The van der Waals surface area contributed by atoms with Crippen LogP contribution in [0.25, 0.3) is 0 Å². The van der Waals surface area contributed by atoms with Crippen molar-refractivity contribution in [2.24, 2.45) is 5.92 Å². The number of ketones is 1. The minimum atomic E-state index is -0.846. The lowest BCUT2D eigenvalue weighted by atomic mass is 9.77. The summed E-state index contributed by atoms with van der Waals surface area (Å²) >= 11 is 0. The fourth-order valence-corrected chi connectivity index (χ4v) is 4.38. The highest BCUT2D eigenvalue weighted by Gasteiger charge is 2.52. The third-order valence-electron chi connectivity index (χ3n) is 6.32. The maximum absolute atomic E-state index is 13.0. The normalized spacial score (nSPS) is 24.1. The summed E-state index contributed by atoms with van der Waals surface area (Å²) in [7, 11) is 1.34. The number of aryl methyl sites for hydroxylation is 1. The van der Waals surface area contributed by atoms with Crippen molar-refractivity contribution in [3.05, 3.63) is 23.0 Å². The van der Waals surface area contributed by atoms with E-state index in [1.165, 1.54) is 7.11 Å². The van der Waals surface area contributed by atoms with Gasteiger partial charge in [-0.05, 0) is 51.5 Å². The molecule has 2 fully saturated rings. The highest BCUT2D eigenvalue weighted by Crippen LogP contribution is 2.36. The monoisotopic (exact) mass is 403 g/mol. The predicted octanol–water partition coefficient (Wildman–Crippen LogP) is 2.35. The van der Waals surface area contributed by atoms with Crippen molar-refractivity contribution in [1.29, 1.82) is 0 Å². The number of nitrogens with zero attached hydrogens (tertiary/aromatic N) is 2. The topological polar surface area (TPSA) is 97.7 Å². The van der Waals surface area contributed by atoms with Crippen LogP contribution in [0.2, 0.25) is 0 Å². The maximum atomic E-state index is 13.0. The summed E-state index contributed by atoms with van der Waals surface area (Å²) in [5.74, 6) is -0.359. The van der Waals surface area contributed by atoms with Gasteiger partial charge in [-0.1, -0.05) is 6.92 Å². The van der Waals surface area contributed by atoms with E-state index in [9.17, 15) is 19.2 Å². The van der Waals surface area contributed by atoms with Crippen molar-refractivity contribution in [3.8, 4) is 0 Å². The van der Waals surface area contributed by atoms with E-state index in [0.29, 0.717) is 36.6 Å². The van der Waals surface area contributed by atoms with E-state index in [1.807, 2.05) is 11.5 Å². The van der Waals surface area contributed by atoms with Crippen LogP contribution in [0.4, 0.5) is 4.79 Å². The van der Waals surface area contributed by atoms with Gasteiger partial charge in [0.2, 0.25) is 0 Å². The molecular weight excluding hydrogens is 374 g/mol. The number of hydrogen-bond donors (Lipinski definition) is 1.